The zero-order chi connectivity index (χ0) is 18.6. The number of Topliss-reactive ketones (excluding diaryl/α,β-unsaturated/α-hetero) is 1. The zero-order valence-corrected chi connectivity index (χ0v) is 16.0. The summed E-state index contributed by atoms with van der Waals surface area (Å²) in [7, 11) is 0. The van der Waals surface area contributed by atoms with Crippen LogP contribution >= 0.6 is 0 Å². The number of ketones is 1. The molecule has 0 radical (unpaired) electrons. The minimum Gasteiger partial charge on any atom is -0.507 e. The molecule has 1 aliphatic carbocycles. The van der Waals surface area contributed by atoms with Crippen molar-refractivity contribution in [1.29, 1.82) is 0 Å². The molecule has 0 bridgehead atoms. The number of carbonyl (C=O) groups is 1. The number of hydrogen-bond acceptors (Lipinski definition) is 4. The molecule has 4 heteroatoms. The summed E-state index contributed by atoms with van der Waals surface area (Å²) in [4.78, 5) is 12.8. The van der Waals surface area contributed by atoms with E-state index in [0.717, 1.165) is 19.3 Å². The van der Waals surface area contributed by atoms with Gasteiger partial charge in [0, 0.05) is 23.5 Å². The molecular formula is C21H30O4. The van der Waals surface area contributed by atoms with Crippen molar-refractivity contribution in [1.82, 2.24) is 0 Å². The largest absolute Gasteiger partial charge is 0.507 e. The molecule has 0 spiro atoms. The van der Waals surface area contributed by atoms with E-state index in [1.54, 1.807) is 0 Å². The highest BCUT2D eigenvalue weighted by atomic mass is 16.5. The summed E-state index contributed by atoms with van der Waals surface area (Å²) in [6.45, 7) is 10.4. The van der Waals surface area contributed by atoms with Crippen molar-refractivity contribution in [2.45, 2.75) is 72.3 Å². The van der Waals surface area contributed by atoms with E-state index < -0.39 is 0 Å². The van der Waals surface area contributed by atoms with Gasteiger partial charge in [-0.05, 0) is 44.4 Å². The van der Waals surface area contributed by atoms with Gasteiger partial charge in [-0.3, -0.25) is 4.79 Å². The SMILES string of the molecule is CCC(C)C(=O)c1c(O)cc(O)c2c1O[C@]1(C)CCCC(C)(C)[C@H]1C2. The van der Waals surface area contributed by atoms with Crippen LogP contribution in [0.3, 0.4) is 0 Å². The lowest BCUT2D eigenvalue weighted by Gasteiger charge is -2.53. The highest BCUT2D eigenvalue weighted by Crippen LogP contribution is 2.56. The molecule has 25 heavy (non-hydrogen) atoms. The minimum absolute atomic E-state index is 0.0247. The smallest absolute Gasteiger partial charge is 0.173 e. The summed E-state index contributed by atoms with van der Waals surface area (Å²) >= 11 is 0. The van der Waals surface area contributed by atoms with E-state index in [1.165, 1.54) is 6.07 Å². The first-order valence-electron chi connectivity index (χ1n) is 9.41. The number of phenols is 2. The van der Waals surface area contributed by atoms with Gasteiger partial charge in [-0.15, -0.1) is 0 Å². The number of phenolic OH excluding ortho intramolecular Hbond substituents is 2. The Morgan fingerprint density at radius 3 is 2.60 bits per heavy atom. The van der Waals surface area contributed by atoms with Crippen LogP contribution in [0.1, 0.15) is 76.2 Å². The van der Waals surface area contributed by atoms with Crippen LogP contribution in [0.2, 0.25) is 0 Å². The third kappa shape index (κ3) is 2.80. The van der Waals surface area contributed by atoms with Gasteiger partial charge in [0.15, 0.2) is 5.78 Å². The van der Waals surface area contributed by atoms with Crippen molar-refractivity contribution in [3.8, 4) is 17.2 Å². The van der Waals surface area contributed by atoms with Gasteiger partial charge in [0.05, 0.1) is 0 Å². The molecule has 0 amide bonds. The summed E-state index contributed by atoms with van der Waals surface area (Å²) in [5, 5.41) is 20.8. The first-order valence-corrected chi connectivity index (χ1v) is 9.41. The van der Waals surface area contributed by atoms with Crippen molar-refractivity contribution in [2.24, 2.45) is 17.3 Å². The van der Waals surface area contributed by atoms with Crippen LogP contribution < -0.4 is 4.74 Å². The molecule has 1 aromatic carbocycles. The van der Waals surface area contributed by atoms with E-state index in [2.05, 4.69) is 20.8 Å². The number of rotatable bonds is 3. The first-order chi connectivity index (χ1) is 11.6. The van der Waals surface area contributed by atoms with Crippen molar-refractivity contribution < 1.29 is 19.7 Å². The molecule has 3 rings (SSSR count). The Hall–Kier alpha value is -1.71. The maximum Gasteiger partial charge on any atom is 0.173 e. The Balaban J connectivity index is 2.16. The maximum absolute atomic E-state index is 12.8. The van der Waals surface area contributed by atoms with Gasteiger partial charge in [0.25, 0.3) is 0 Å². The summed E-state index contributed by atoms with van der Waals surface area (Å²) in [6.07, 6.45) is 4.50. The fraction of sp³-hybridized carbons (Fsp3) is 0.667. The van der Waals surface area contributed by atoms with Crippen LogP contribution in [-0.2, 0) is 6.42 Å². The Morgan fingerprint density at radius 2 is 1.96 bits per heavy atom. The second-order valence-electron chi connectivity index (χ2n) is 8.78. The summed E-state index contributed by atoms with van der Waals surface area (Å²) < 4.78 is 6.43. The predicted molar refractivity (Wildman–Crippen MR) is 97.4 cm³/mol. The molecule has 2 aliphatic rings. The van der Waals surface area contributed by atoms with Crippen molar-refractivity contribution in [3.63, 3.8) is 0 Å². The molecule has 1 aliphatic heterocycles. The molecule has 0 aromatic heterocycles. The quantitative estimate of drug-likeness (QED) is 0.768. The molecule has 2 N–H and O–H groups in total. The number of hydrogen-bond donors (Lipinski definition) is 2. The highest BCUT2D eigenvalue weighted by molar-refractivity contribution is 6.03. The number of aromatic hydroxyl groups is 2. The zero-order valence-electron chi connectivity index (χ0n) is 16.0. The van der Waals surface area contributed by atoms with Gasteiger partial charge in [-0.1, -0.05) is 27.7 Å². The standard InChI is InChI=1S/C21H30O4/c1-6-12(2)18(24)17-15(23)11-14(22)13-10-16-20(3,4)8-7-9-21(16,5)25-19(13)17/h11-12,16,22-23H,6-10H2,1-5H3/t12?,16-,21-/m1/s1. The molecule has 0 saturated heterocycles. The third-order valence-electron chi connectivity index (χ3n) is 6.56. The molecule has 1 unspecified atom stereocenters. The first kappa shape index (κ1) is 18.1. The predicted octanol–water partition coefficient (Wildman–Crippen LogP) is 4.85. The molecule has 1 aromatic rings. The summed E-state index contributed by atoms with van der Waals surface area (Å²) in [5.74, 6) is 0.197. The topological polar surface area (TPSA) is 66.8 Å². The number of ether oxygens (including phenoxy) is 1. The third-order valence-corrected chi connectivity index (χ3v) is 6.56. The van der Waals surface area contributed by atoms with E-state index in [4.69, 9.17) is 4.74 Å². The molecule has 1 heterocycles. The van der Waals surface area contributed by atoms with Crippen molar-refractivity contribution in [2.75, 3.05) is 0 Å². The van der Waals surface area contributed by atoms with E-state index in [-0.39, 0.29) is 45.7 Å². The van der Waals surface area contributed by atoms with Gasteiger partial charge in [-0.2, -0.15) is 0 Å². The van der Waals surface area contributed by atoms with Crippen LogP contribution in [0, 0.1) is 17.3 Å². The lowest BCUT2D eigenvalue weighted by Crippen LogP contribution is -2.54. The number of benzene rings is 1. The number of carbonyl (C=O) groups excluding carboxylic acids is 1. The maximum atomic E-state index is 12.8. The minimum atomic E-state index is -0.376. The fourth-order valence-corrected chi connectivity index (χ4v) is 4.77. The van der Waals surface area contributed by atoms with Crippen LogP contribution in [0.4, 0.5) is 0 Å². The van der Waals surface area contributed by atoms with E-state index in [1.807, 2.05) is 13.8 Å². The Morgan fingerprint density at radius 1 is 1.28 bits per heavy atom. The monoisotopic (exact) mass is 346 g/mol. The average molecular weight is 346 g/mol. The molecule has 3 atom stereocenters. The molecule has 138 valence electrons. The molecular weight excluding hydrogens is 316 g/mol. The second kappa shape index (κ2) is 5.93. The highest BCUT2D eigenvalue weighted by Gasteiger charge is 2.52. The average Bonchev–Trinajstić information content (AvgIpc) is 2.51. The van der Waals surface area contributed by atoms with Crippen LogP contribution in [0.25, 0.3) is 0 Å². The lowest BCUT2D eigenvalue weighted by atomic mass is 9.59. The second-order valence-corrected chi connectivity index (χ2v) is 8.78. The van der Waals surface area contributed by atoms with Gasteiger partial charge >= 0.3 is 0 Å². The van der Waals surface area contributed by atoms with Gasteiger partial charge < -0.3 is 14.9 Å². The molecule has 1 fully saturated rings. The Bertz CT molecular complexity index is 706. The van der Waals surface area contributed by atoms with Gasteiger partial charge in [0.1, 0.15) is 28.4 Å². The Labute approximate surface area is 150 Å². The molecule has 1 saturated carbocycles. The van der Waals surface area contributed by atoms with Crippen LogP contribution in [0.15, 0.2) is 6.07 Å². The normalized spacial score (nSPS) is 28.4. The van der Waals surface area contributed by atoms with E-state index >= 15 is 0 Å². The van der Waals surface area contributed by atoms with Crippen LogP contribution in [-0.4, -0.2) is 21.6 Å². The summed E-state index contributed by atoms with van der Waals surface area (Å²) in [6, 6.07) is 1.30. The van der Waals surface area contributed by atoms with Crippen LogP contribution in [0.5, 0.6) is 17.2 Å². The summed E-state index contributed by atoms with van der Waals surface area (Å²) in [5.41, 5.74) is 0.641. The fourth-order valence-electron chi connectivity index (χ4n) is 4.77. The van der Waals surface area contributed by atoms with Gasteiger partial charge in [0.2, 0.25) is 0 Å². The number of fused-ring (bicyclic) bond motifs is 2. The van der Waals surface area contributed by atoms with E-state index in [9.17, 15) is 15.0 Å². The molecule has 4 nitrogen and oxygen atoms in total. The van der Waals surface area contributed by atoms with Crippen molar-refractivity contribution in [3.05, 3.63) is 17.2 Å². The van der Waals surface area contributed by atoms with Crippen molar-refractivity contribution >= 4 is 5.78 Å². The van der Waals surface area contributed by atoms with E-state index in [0.29, 0.717) is 24.2 Å². The Kier molecular flexibility index (Phi) is 4.29. The lowest BCUT2D eigenvalue weighted by molar-refractivity contribution is -0.0823. The van der Waals surface area contributed by atoms with Gasteiger partial charge in [-0.25, -0.2) is 0 Å².